The Morgan fingerprint density at radius 1 is 0.852 bits per heavy atom. The zero-order valence-electron chi connectivity index (χ0n) is 16.2. The molecule has 1 nitrogen and oxygen atoms in total. The first-order valence-electron chi connectivity index (χ1n) is 10.2. The first-order chi connectivity index (χ1) is 13.2. The summed E-state index contributed by atoms with van der Waals surface area (Å²) in [7, 11) is 0. The van der Waals surface area contributed by atoms with Crippen LogP contribution in [0.2, 0.25) is 0 Å². The zero-order valence-corrected chi connectivity index (χ0v) is 16.2. The minimum Gasteiger partial charge on any atom is -0.378 e. The standard InChI is InChI=1S/C25H29FO/c1-2-3-4-19-27-25-17-13-23(14-18-25)22-11-7-20(8-12-22)5-6-21-9-15-24(26)16-10-21/h7-12,15-16,23,25H,2-4,13-14,17-19H2,1H3. The predicted molar refractivity (Wildman–Crippen MR) is 109 cm³/mol. The molecular formula is C25H29FO. The molecule has 142 valence electrons. The number of unbranched alkanes of at least 4 members (excludes halogenated alkanes) is 2. The highest BCUT2D eigenvalue weighted by molar-refractivity contribution is 5.43. The Morgan fingerprint density at radius 2 is 1.44 bits per heavy atom. The third-order valence-electron chi connectivity index (χ3n) is 5.35. The van der Waals surface area contributed by atoms with Gasteiger partial charge < -0.3 is 4.74 Å². The van der Waals surface area contributed by atoms with Crippen molar-refractivity contribution in [2.75, 3.05) is 6.61 Å². The minimum absolute atomic E-state index is 0.231. The summed E-state index contributed by atoms with van der Waals surface area (Å²) in [4.78, 5) is 0. The molecule has 0 saturated heterocycles. The van der Waals surface area contributed by atoms with Gasteiger partial charge >= 0.3 is 0 Å². The van der Waals surface area contributed by atoms with Crippen molar-refractivity contribution in [1.82, 2.24) is 0 Å². The van der Waals surface area contributed by atoms with Crippen molar-refractivity contribution in [3.63, 3.8) is 0 Å². The van der Waals surface area contributed by atoms with E-state index in [0.29, 0.717) is 12.0 Å². The second-order valence-corrected chi connectivity index (χ2v) is 7.43. The van der Waals surface area contributed by atoms with E-state index < -0.39 is 0 Å². The second-order valence-electron chi connectivity index (χ2n) is 7.43. The van der Waals surface area contributed by atoms with Crippen LogP contribution >= 0.6 is 0 Å². The summed E-state index contributed by atoms with van der Waals surface area (Å²) in [5, 5.41) is 0. The molecule has 0 amide bonds. The molecule has 0 unspecified atom stereocenters. The third kappa shape index (κ3) is 6.22. The fourth-order valence-corrected chi connectivity index (χ4v) is 3.68. The summed E-state index contributed by atoms with van der Waals surface area (Å²) < 4.78 is 19.0. The predicted octanol–water partition coefficient (Wildman–Crippen LogP) is 6.46. The molecule has 0 bridgehead atoms. The van der Waals surface area contributed by atoms with Gasteiger partial charge in [-0.3, -0.25) is 0 Å². The number of hydrogen-bond donors (Lipinski definition) is 0. The molecule has 0 aliphatic heterocycles. The van der Waals surface area contributed by atoms with Crippen LogP contribution in [0.5, 0.6) is 0 Å². The molecule has 27 heavy (non-hydrogen) atoms. The van der Waals surface area contributed by atoms with E-state index in [4.69, 9.17) is 4.74 Å². The molecule has 1 aliphatic carbocycles. The van der Waals surface area contributed by atoms with Gasteiger partial charge in [-0.15, -0.1) is 0 Å². The Balaban J connectivity index is 1.49. The van der Waals surface area contributed by atoms with Gasteiger partial charge in [0.2, 0.25) is 0 Å². The maximum atomic E-state index is 12.9. The van der Waals surface area contributed by atoms with E-state index in [-0.39, 0.29) is 5.82 Å². The van der Waals surface area contributed by atoms with Crippen molar-refractivity contribution in [1.29, 1.82) is 0 Å². The van der Waals surface area contributed by atoms with Gasteiger partial charge in [-0.2, -0.15) is 0 Å². The smallest absolute Gasteiger partial charge is 0.123 e. The van der Waals surface area contributed by atoms with Crippen LogP contribution in [0.15, 0.2) is 48.5 Å². The highest BCUT2D eigenvalue weighted by Gasteiger charge is 2.22. The van der Waals surface area contributed by atoms with Crippen molar-refractivity contribution in [3.8, 4) is 11.8 Å². The molecule has 1 fully saturated rings. The quantitative estimate of drug-likeness (QED) is 0.422. The van der Waals surface area contributed by atoms with E-state index in [2.05, 4.69) is 43.0 Å². The van der Waals surface area contributed by atoms with Crippen LogP contribution in [-0.4, -0.2) is 12.7 Å². The van der Waals surface area contributed by atoms with Crippen LogP contribution < -0.4 is 0 Å². The molecule has 0 aromatic heterocycles. The lowest BCUT2D eigenvalue weighted by atomic mass is 9.82. The summed E-state index contributed by atoms with van der Waals surface area (Å²) in [6, 6.07) is 14.9. The highest BCUT2D eigenvalue weighted by atomic mass is 19.1. The van der Waals surface area contributed by atoms with Crippen molar-refractivity contribution in [3.05, 3.63) is 71.0 Å². The molecule has 2 aromatic rings. The van der Waals surface area contributed by atoms with Gasteiger partial charge in [0.15, 0.2) is 0 Å². The van der Waals surface area contributed by atoms with Crippen LogP contribution in [0.1, 0.15) is 74.5 Å². The topological polar surface area (TPSA) is 9.23 Å². The van der Waals surface area contributed by atoms with Crippen molar-refractivity contribution < 1.29 is 9.13 Å². The van der Waals surface area contributed by atoms with E-state index >= 15 is 0 Å². The van der Waals surface area contributed by atoms with E-state index in [1.807, 2.05) is 0 Å². The van der Waals surface area contributed by atoms with E-state index in [1.54, 1.807) is 12.1 Å². The largest absolute Gasteiger partial charge is 0.378 e. The van der Waals surface area contributed by atoms with Crippen molar-refractivity contribution in [2.24, 2.45) is 0 Å². The minimum atomic E-state index is -0.231. The van der Waals surface area contributed by atoms with Gasteiger partial charge in [0.1, 0.15) is 5.82 Å². The summed E-state index contributed by atoms with van der Waals surface area (Å²) in [6.07, 6.45) is 8.92. The van der Waals surface area contributed by atoms with E-state index in [0.717, 1.165) is 17.7 Å². The molecule has 0 atom stereocenters. The maximum absolute atomic E-state index is 12.9. The molecule has 0 N–H and O–H groups in total. The second kappa shape index (κ2) is 10.3. The molecular weight excluding hydrogens is 335 g/mol. The summed E-state index contributed by atoms with van der Waals surface area (Å²) in [5.41, 5.74) is 3.24. The number of rotatable bonds is 6. The van der Waals surface area contributed by atoms with Gasteiger partial charge in [-0.1, -0.05) is 43.7 Å². The molecule has 0 spiro atoms. The van der Waals surface area contributed by atoms with Crippen LogP contribution in [-0.2, 0) is 4.74 Å². The summed E-state index contributed by atoms with van der Waals surface area (Å²) in [5.74, 6) is 6.65. The van der Waals surface area contributed by atoms with Crippen molar-refractivity contribution in [2.45, 2.75) is 63.9 Å². The van der Waals surface area contributed by atoms with Gasteiger partial charge in [-0.25, -0.2) is 4.39 Å². The first kappa shape index (κ1) is 19.6. The fraction of sp³-hybridized carbons (Fsp3) is 0.440. The van der Waals surface area contributed by atoms with Crippen LogP contribution in [0, 0.1) is 17.7 Å². The fourth-order valence-electron chi connectivity index (χ4n) is 3.68. The summed E-state index contributed by atoms with van der Waals surface area (Å²) in [6.45, 7) is 3.15. The van der Waals surface area contributed by atoms with Crippen LogP contribution in [0.4, 0.5) is 4.39 Å². The Labute approximate surface area is 163 Å². The summed E-state index contributed by atoms with van der Waals surface area (Å²) >= 11 is 0. The molecule has 0 radical (unpaired) electrons. The lowest BCUT2D eigenvalue weighted by Crippen LogP contribution is -2.21. The number of halogens is 1. The third-order valence-corrected chi connectivity index (χ3v) is 5.35. The molecule has 2 heteroatoms. The number of benzene rings is 2. The zero-order chi connectivity index (χ0) is 18.9. The average Bonchev–Trinajstić information content (AvgIpc) is 2.72. The van der Waals surface area contributed by atoms with Crippen molar-refractivity contribution >= 4 is 0 Å². The highest BCUT2D eigenvalue weighted by Crippen LogP contribution is 2.34. The molecule has 2 aromatic carbocycles. The van der Waals surface area contributed by atoms with Gasteiger partial charge in [0, 0.05) is 17.7 Å². The van der Waals surface area contributed by atoms with Gasteiger partial charge in [0.25, 0.3) is 0 Å². The average molecular weight is 365 g/mol. The van der Waals surface area contributed by atoms with E-state index in [1.165, 1.54) is 62.6 Å². The lowest BCUT2D eigenvalue weighted by molar-refractivity contribution is 0.0227. The molecule has 1 aliphatic rings. The number of hydrogen-bond acceptors (Lipinski definition) is 1. The van der Waals surface area contributed by atoms with Gasteiger partial charge in [-0.05, 0) is 80.0 Å². The van der Waals surface area contributed by atoms with Gasteiger partial charge in [0.05, 0.1) is 6.10 Å². The van der Waals surface area contributed by atoms with Crippen LogP contribution in [0.3, 0.4) is 0 Å². The maximum Gasteiger partial charge on any atom is 0.123 e. The Morgan fingerprint density at radius 3 is 2.04 bits per heavy atom. The lowest BCUT2D eigenvalue weighted by Gasteiger charge is -2.29. The molecule has 1 saturated carbocycles. The Kier molecular flexibility index (Phi) is 7.48. The van der Waals surface area contributed by atoms with E-state index in [9.17, 15) is 4.39 Å². The number of ether oxygens (including phenoxy) is 1. The normalized spacial score (nSPS) is 19.3. The Bertz CT molecular complexity index is 744. The Hall–Kier alpha value is -2.11. The molecule has 3 rings (SSSR count). The van der Waals surface area contributed by atoms with Crippen LogP contribution in [0.25, 0.3) is 0 Å². The first-order valence-corrected chi connectivity index (χ1v) is 10.2. The monoisotopic (exact) mass is 364 g/mol. The molecule has 0 heterocycles. The SMILES string of the molecule is CCCCCOC1CCC(c2ccc(C#Cc3ccc(F)cc3)cc2)CC1.